The zero-order valence-corrected chi connectivity index (χ0v) is 14.2. The SMILES string of the molecule is CC(C)[C@H](N)C(=O)NCC(=O)NC1CCOc2ccccc21.Cl. The van der Waals surface area contributed by atoms with E-state index in [0.717, 1.165) is 11.3 Å². The molecule has 4 N–H and O–H groups in total. The largest absolute Gasteiger partial charge is 0.493 e. The predicted octanol–water partition coefficient (Wildman–Crippen LogP) is 1.15. The highest BCUT2D eigenvalue weighted by Gasteiger charge is 2.23. The van der Waals surface area contributed by atoms with Crippen molar-refractivity contribution in [3.63, 3.8) is 0 Å². The van der Waals surface area contributed by atoms with Crippen LogP contribution in [0.1, 0.15) is 31.9 Å². The van der Waals surface area contributed by atoms with Gasteiger partial charge in [-0.3, -0.25) is 9.59 Å². The summed E-state index contributed by atoms with van der Waals surface area (Å²) < 4.78 is 5.55. The number of rotatable bonds is 5. The topological polar surface area (TPSA) is 93.5 Å². The molecule has 1 aromatic carbocycles. The number of nitrogens with two attached hydrogens (primary N) is 1. The molecular formula is C16H24ClN3O3. The van der Waals surface area contributed by atoms with Crippen LogP contribution >= 0.6 is 12.4 Å². The molecule has 0 aliphatic carbocycles. The Morgan fingerprint density at radius 3 is 2.74 bits per heavy atom. The van der Waals surface area contributed by atoms with Crippen molar-refractivity contribution in [2.75, 3.05) is 13.2 Å². The predicted molar refractivity (Wildman–Crippen MR) is 90.5 cm³/mol. The minimum atomic E-state index is -0.600. The van der Waals surface area contributed by atoms with E-state index in [0.29, 0.717) is 13.0 Å². The van der Waals surface area contributed by atoms with Crippen LogP contribution in [0.15, 0.2) is 24.3 Å². The van der Waals surface area contributed by atoms with Crippen molar-refractivity contribution in [2.24, 2.45) is 11.7 Å². The molecule has 128 valence electrons. The van der Waals surface area contributed by atoms with Crippen LogP contribution in [-0.4, -0.2) is 31.0 Å². The molecule has 6 nitrogen and oxygen atoms in total. The normalized spacial score (nSPS) is 17.3. The molecule has 0 fully saturated rings. The quantitative estimate of drug-likeness (QED) is 0.749. The van der Waals surface area contributed by atoms with Crippen LogP contribution in [0, 0.1) is 5.92 Å². The molecular weight excluding hydrogens is 318 g/mol. The van der Waals surface area contributed by atoms with Crippen LogP contribution in [0.4, 0.5) is 0 Å². The highest BCUT2D eigenvalue weighted by atomic mass is 35.5. The Morgan fingerprint density at radius 1 is 1.35 bits per heavy atom. The van der Waals surface area contributed by atoms with E-state index in [4.69, 9.17) is 10.5 Å². The number of benzene rings is 1. The molecule has 1 aliphatic heterocycles. The van der Waals surface area contributed by atoms with Gasteiger partial charge in [0.25, 0.3) is 0 Å². The number of carbonyl (C=O) groups is 2. The second-order valence-corrected chi connectivity index (χ2v) is 5.78. The lowest BCUT2D eigenvalue weighted by Gasteiger charge is -2.26. The van der Waals surface area contributed by atoms with Crippen LogP contribution in [0.5, 0.6) is 5.75 Å². The first-order valence-corrected chi connectivity index (χ1v) is 7.53. The van der Waals surface area contributed by atoms with Crippen molar-refractivity contribution < 1.29 is 14.3 Å². The van der Waals surface area contributed by atoms with Gasteiger partial charge in [0.15, 0.2) is 0 Å². The molecule has 0 bridgehead atoms. The zero-order valence-electron chi connectivity index (χ0n) is 13.4. The van der Waals surface area contributed by atoms with Crippen molar-refractivity contribution in [1.82, 2.24) is 10.6 Å². The molecule has 1 heterocycles. The van der Waals surface area contributed by atoms with Gasteiger partial charge in [0, 0.05) is 12.0 Å². The van der Waals surface area contributed by atoms with E-state index in [1.165, 1.54) is 0 Å². The maximum Gasteiger partial charge on any atom is 0.239 e. The minimum Gasteiger partial charge on any atom is -0.493 e. The van der Waals surface area contributed by atoms with Gasteiger partial charge in [0.05, 0.1) is 25.2 Å². The number of hydrogen-bond donors (Lipinski definition) is 3. The summed E-state index contributed by atoms with van der Waals surface area (Å²) in [5.41, 5.74) is 6.70. The molecule has 2 amide bonds. The van der Waals surface area contributed by atoms with Gasteiger partial charge >= 0.3 is 0 Å². The third-order valence-corrected chi connectivity index (χ3v) is 3.74. The monoisotopic (exact) mass is 341 g/mol. The number of ether oxygens (including phenoxy) is 1. The molecule has 23 heavy (non-hydrogen) atoms. The zero-order chi connectivity index (χ0) is 16.1. The molecule has 0 radical (unpaired) electrons. The summed E-state index contributed by atoms with van der Waals surface area (Å²) in [7, 11) is 0. The minimum absolute atomic E-state index is 0. The van der Waals surface area contributed by atoms with Gasteiger partial charge in [-0.15, -0.1) is 12.4 Å². The van der Waals surface area contributed by atoms with E-state index in [-0.39, 0.29) is 42.7 Å². The summed E-state index contributed by atoms with van der Waals surface area (Å²) in [5, 5.41) is 5.49. The first kappa shape index (κ1) is 19.3. The molecule has 1 aliphatic rings. The van der Waals surface area contributed by atoms with Gasteiger partial charge in [0.1, 0.15) is 5.75 Å². The molecule has 7 heteroatoms. The number of fused-ring (bicyclic) bond motifs is 1. The van der Waals surface area contributed by atoms with Crippen molar-refractivity contribution in [3.05, 3.63) is 29.8 Å². The van der Waals surface area contributed by atoms with Crippen LogP contribution in [-0.2, 0) is 9.59 Å². The lowest BCUT2D eigenvalue weighted by molar-refractivity contribution is -0.127. The molecule has 0 saturated heterocycles. The Balaban J connectivity index is 0.00000264. The molecule has 0 spiro atoms. The van der Waals surface area contributed by atoms with Gasteiger partial charge in [-0.2, -0.15) is 0 Å². The van der Waals surface area contributed by atoms with Gasteiger partial charge < -0.3 is 21.1 Å². The standard InChI is InChI=1S/C16H23N3O3.ClH/c1-10(2)15(17)16(21)18-9-14(20)19-12-7-8-22-13-6-4-3-5-11(12)13;/h3-6,10,12,15H,7-9,17H2,1-2H3,(H,18,21)(H,19,20);1H/t12?,15-;/m0./s1. The Morgan fingerprint density at radius 2 is 2.04 bits per heavy atom. The van der Waals surface area contributed by atoms with Crippen LogP contribution < -0.4 is 21.1 Å². The molecule has 2 rings (SSSR count). The van der Waals surface area contributed by atoms with E-state index in [2.05, 4.69) is 10.6 Å². The third-order valence-electron chi connectivity index (χ3n) is 3.74. The summed E-state index contributed by atoms with van der Waals surface area (Å²) in [6.45, 7) is 4.22. The maximum absolute atomic E-state index is 12.0. The third kappa shape index (κ3) is 5.11. The highest BCUT2D eigenvalue weighted by Crippen LogP contribution is 2.31. The Bertz CT molecular complexity index is 551. The van der Waals surface area contributed by atoms with Crippen molar-refractivity contribution in [2.45, 2.75) is 32.4 Å². The van der Waals surface area contributed by atoms with E-state index in [1.54, 1.807) is 0 Å². The number of hydrogen-bond acceptors (Lipinski definition) is 4. The van der Waals surface area contributed by atoms with Gasteiger partial charge in [-0.25, -0.2) is 0 Å². The Labute approximate surface area is 142 Å². The van der Waals surface area contributed by atoms with Crippen molar-refractivity contribution in [1.29, 1.82) is 0 Å². The van der Waals surface area contributed by atoms with Crippen LogP contribution in [0.25, 0.3) is 0 Å². The average molecular weight is 342 g/mol. The molecule has 2 atom stereocenters. The van der Waals surface area contributed by atoms with E-state index in [9.17, 15) is 9.59 Å². The summed E-state index contributed by atoms with van der Waals surface area (Å²) in [6, 6.07) is 6.95. The Kier molecular flexibility index (Phi) is 7.32. The molecule has 0 saturated carbocycles. The number of nitrogens with one attached hydrogen (secondary N) is 2. The number of para-hydroxylation sites is 1. The van der Waals surface area contributed by atoms with Crippen molar-refractivity contribution >= 4 is 24.2 Å². The van der Waals surface area contributed by atoms with E-state index < -0.39 is 6.04 Å². The van der Waals surface area contributed by atoms with Gasteiger partial charge in [0.2, 0.25) is 11.8 Å². The smallest absolute Gasteiger partial charge is 0.239 e. The van der Waals surface area contributed by atoms with Gasteiger partial charge in [-0.05, 0) is 12.0 Å². The Hall–Kier alpha value is -1.79. The van der Waals surface area contributed by atoms with E-state index >= 15 is 0 Å². The lowest BCUT2D eigenvalue weighted by atomic mass is 10.0. The summed E-state index contributed by atoms with van der Waals surface area (Å²) in [5.74, 6) is 0.291. The first-order chi connectivity index (χ1) is 10.5. The highest BCUT2D eigenvalue weighted by molar-refractivity contribution is 5.87. The number of carbonyl (C=O) groups excluding carboxylic acids is 2. The molecule has 1 unspecified atom stereocenters. The molecule has 1 aromatic rings. The molecule has 0 aromatic heterocycles. The summed E-state index contributed by atoms with van der Waals surface area (Å²) in [4.78, 5) is 23.8. The van der Waals surface area contributed by atoms with Crippen LogP contribution in [0.3, 0.4) is 0 Å². The fourth-order valence-corrected chi connectivity index (χ4v) is 2.33. The fourth-order valence-electron chi connectivity index (χ4n) is 2.33. The number of amides is 2. The van der Waals surface area contributed by atoms with E-state index in [1.807, 2.05) is 38.1 Å². The summed E-state index contributed by atoms with van der Waals surface area (Å²) in [6.07, 6.45) is 0.711. The van der Waals surface area contributed by atoms with Crippen molar-refractivity contribution in [3.8, 4) is 5.75 Å². The maximum atomic E-state index is 12.0. The fraction of sp³-hybridized carbons (Fsp3) is 0.500. The van der Waals surface area contributed by atoms with Gasteiger partial charge in [-0.1, -0.05) is 32.0 Å². The van der Waals surface area contributed by atoms with Crippen LogP contribution in [0.2, 0.25) is 0 Å². The lowest BCUT2D eigenvalue weighted by Crippen LogP contribution is -2.47. The number of halogens is 1. The second kappa shape index (κ2) is 8.74. The first-order valence-electron chi connectivity index (χ1n) is 7.53. The summed E-state index contributed by atoms with van der Waals surface area (Å²) >= 11 is 0. The average Bonchev–Trinajstić information content (AvgIpc) is 2.52. The second-order valence-electron chi connectivity index (χ2n) is 5.78.